The van der Waals surface area contributed by atoms with Crippen molar-refractivity contribution in [3.63, 3.8) is 0 Å². The Morgan fingerprint density at radius 2 is 2.00 bits per heavy atom. The minimum Gasteiger partial charge on any atom is -0.495 e. The highest BCUT2D eigenvalue weighted by molar-refractivity contribution is 5.98. The molecule has 0 fully saturated rings. The average molecular weight is 276 g/mol. The summed E-state index contributed by atoms with van der Waals surface area (Å²) >= 11 is 0. The van der Waals surface area contributed by atoms with Crippen LogP contribution in [0.3, 0.4) is 0 Å². The molecule has 1 rings (SSSR count). The van der Waals surface area contributed by atoms with Crippen LogP contribution < -0.4 is 15.4 Å². The fourth-order valence-electron chi connectivity index (χ4n) is 1.59. The molecule has 0 aliphatic heterocycles. The first-order valence-corrected chi connectivity index (χ1v) is 5.63. The van der Waals surface area contributed by atoms with E-state index in [4.69, 9.17) is 10.5 Å². The van der Waals surface area contributed by atoms with Gasteiger partial charge in [0, 0.05) is 6.54 Å². The summed E-state index contributed by atoms with van der Waals surface area (Å²) in [5, 5.41) is 0. The Morgan fingerprint density at radius 3 is 2.53 bits per heavy atom. The Labute approximate surface area is 108 Å². The van der Waals surface area contributed by atoms with Crippen molar-refractivity contribution >= 4 is 11.6 Å². The number of amides is 1. The van der Waals surface area contributed by atoms with Gasteiger partial charge in [-0.05, 0) is 25.1 Å². The number of nitrogens with zero attached hydrogens (tertiary/aromatic N) is 1. The number of nitrogens with two attached hydrogens (primary N) is 1. The normalized spacial score (nSPS) is 11.2. The lowest BCUT2D eigenvalue weighted by molar-refractivity contribution is -0.170. The van der Waals surface area contributed by atoms with Crippen molar-refractivity contribution in [1.82, 2.24) is 0 Å². The summed E-state index contributed by atoms with van der Waals surface area (Å²) in [5.74, 6) is -1.72. The molecule has 1 amide bonds. The van der Waals surface area contributed by atoms with Gasteiger partial charge < -0.3 is 15.4 Å². The van der Waals surface area contributed by atoms with Gasteiger partial charge in [0.25, 0.3) is 0 Å². The SMILES string of the molecule is COc1ccccc1N(CCCN)C(=O)C(F)(F)F. The highest BCUT2D eigenvalue weighted by Gasteiger charge is 2.43. The molecule has 1 aromatic carbocycles. The number of alkyl halides is 3. The van der Waals surface area contributed by atoms with Crippen LogP contribution in [0.1, 0.15) is 6.42 Å². The maximum Gasteiger partial charge on any atom is 0.471 e. The van der Waals surface area contributed by atoms with E-state index in [9.17, 15) is 18.0 Å². The summed E-state index contributed by atoms with van der Waals surface area (Å²) in [6, 6.07) is 6.05. The number of halogens is 3. The first-order chi connectivity index (χ1) is 8.91. The van der Waals surface area contributed by atoms with Crippen LogP contribution in [0.5, 0.6) is 5.75 Å². The van der Waals surface area contributed by atoms with Crippen LogP contribution in [0, 0.1) is 0 Å². The quantitative estimate of drug-likeness (QED) is 0.894. The molecule has 0 spiro atoms. The van der Waals surface area contributed by atoms with Crippen molar-refractivity contribution in [3.8, 4) is 5.75 Å². The predicted molar refractivity (Wildman–Crippen MR) is 65.1 cm³/mol. The molecule has 0 unspecified atom stereocenters. The zero-order valence-electron chi connectivity index (χ0n) is 10.4. The largest absolute Gasteiger partial charge is 0.495 e. The van der Waals surface area contributed by atoms with Crippen molar-refractivity contribution in [2.45, 2.75) is 12.6 Å². The molecule has 4 nitrogen and oxygen atoms in total. The topological polar surface area (TPSA) is 55.6 Å². The first-order valence-electron chi connectivity index (χ1n) is 5.63. The van der Waals surface area contributed by atoms with Gasteiger partial charge in [-0.3, -0.25) is 4.79 Å². The molecule has 0 aliphatic carbocycles. The van der Waals surface area contributed by atoms with Crippen LogP contribution >= 0.6 is 0 Å². The van der Waals surface area contributed by atoms with Gasteiger partial charge in [0.2, 0.25) is 0 Å². The molecular formula is C12H15F3N2O2. The van der Waals surface area contributed by atoms with E-state index in [1.54, 1.807) is 6.07 Å². The Balaban J connectivity index is 3.12. The Kier molecular flexibility index (Phi) is 5.17. The minimum absolute atomic E-state index is 0.0841. The molecule has 0 saturated carbocycles. The van der Waals surface area contributed by atoms with Gasteiger partial charge in [-0.25, -0.2) is 0 Å². The summed E-state index contributed by atoms with van der Waals surface area (Å²) in [5.41, 5.74) is 5.37. The van der Waals surface area contributed by atoms with Gasteiger partial charge in [0.1, 0.15) is 5.75 Å². The lowest BCUT2D eigenvalue weighted by Gasteiger charge is -2.25. The Morgan fingerprint density at radius 1 is 1.37 bits per heavy atom. The number of rotatable bonds is 5. The van der Waals surface area contributed by atoms with E-state index < -0.39 is 12.1 Å². The van der Waals surface area contributed by atoms with Gasteiger partial charge in [0.05, 0.1) is 12.8 Å². The monoisotopic (exact) mass is 276 g/mol. The molecule has 0 atom stereocenters. The second-order valence-electron chi connectivity index (χ2n) is 3.77. The molecule has 106 valence electrons. The summed E-state index contributed by atoms with van der Waals surface area (Å²) in [6.07, 6.45) is -4.67. The number of benzene rings is 1. The third-order valence-electron chi connectivity index (χ3n) is 2.45. The molecule has 0 aromatic heterocycles. The van der Waals surface area contributed by atoms with Crippen LogP contribution in [0.4, 0.5) is 18.9 Å². The molecule has 0 saturated heterocycles. The van der Waals surface area contributed by atoms with Crippen LogP contribution in [-0.4, -0.2) is 32.3 Å². The molecular weight excluding hydrogens is 261 g/mol. The van der Waals surface area contributed by atoms with E-state index in [1.807, 2.05) is 0 Å². The summed E-state index contributed by atoms with van der Waals surface area (Å²) in [4.78, 5) is 12.1. The molecule has 0 heterocycles. The summed E-state index contributed by atoms with van der Waals surface area (Å²) in [7, 11) is 1.33. The van der Waals surface area contributed by atoms with E-state index in [1.165, 1.54) is 25.3 Å². The van der Waals surface area contributed by atoms with Crippen LogP contribution in [-0.2, 0) is 4.79 Å². The highest BCUT2D eigenvalue weighted by atomic mass is 19.4. The third kappa shape index (κ3) is 3.85. The smallest absolute Gasteiger partial charge is 0.471 e. The van der Waals surface area contributed by atoms with Gasteiger partial charge in [-0.1, -0.05) is 12.1 Å². The van der Waals surface area contributed by atoms with Gasteiger partial charge in [-0.15, -0.1) is 0 Å². The van der Waals surface area contributed by atoms with Crippen LogP contribution in [0.25, 0.3) is 0 Å². The highest BCUT2D eigenvalue weighted by Crippen LogP contribution is 2.31. The lowest BCUT2D eigenvalue weighted by atomic mass is 10.2. The Hall–Kier alpha value is -1.76. The maximum absolute atomic E-state index is 12.6. The van der Waals surface area contributed by atoms with Crippen LogP contribution in [0.15, 0.2) is 24.3 Å². The van der Waals surface area contributed by atoms with Crippen molar-refractivity contribution in [2.75, 3.05) is 25.1 Å². The Bertz CT molecular complexity index is 435. The fourth-order valence-corrected chi connectivity index (χ4v) is 1.59. The van der Waals surface area contributed by atoms with Crippen molar-refractivity contribution in [2.24, 2.45) is 5.73 Å². The van der Waals surface area contributed by atoms with E-state index in [0.29, 0.717) is 4.90 Å². The van der Waals surface area contributed by atoms with Crippen molar-refractivity contribution in [1.29, 1.82) is 0 Å². The maximum atomic E-state index is 12.6. The van der Waals surface area contributed by atoms with Gasteiger partial charge in [-0.2, -0.15) is 13.2 Å². The number of carbonyl (C=O) groups is 1. The summed E-state index contributed by atoms with van der Waals surface area (Å²) in [6.45, 7) is 0.0754. The zero-order valence-corrected chi connectivity index (χ0v) is 10.4. The molecule has 19 heavy (non-hydrogen) atoms. The van der Waals surface area contributed by atoms with E-state index in [-0.39, 0.29) is 30.9 Å². The number of ether oxygens (including phenoxy) is 1. The predicted octanol–water partition coefficient (Wildman–Crippen LogP) is 1.94. The molecule has 0 aliphatic rings. The van der Waals surface area contributed by atoms with E-state index in [2.05, 4.69) is 0 Å². The number of methoxy groups -OCH3 is 1. The number of anilines is 1. The first kappa shape index (κ1) is 15.3. The van der Waals surface area contributed by atoms with Crippen molar-refractivity contribution < 1.29 is 22.7 Å². The van der Waals surface area contributed by atoms with Crippen LogP contribution in [0.2, 0.25) is 0 Å². The molecule has 0 radical (unpaired) electrons. The molecule has 7 heteroatoms. The second-order valence-corrected chi connectivity index (χ2v) is 3.77. The number of hydrogen-bond acceptors (Lipinski definition) is 3. The minimum atomic E-state index is -4.94. The number of carbonyl (C=O) groups excluding carboxylic acids is 1. The fraction of sp³-hybridized carbons (Fsp3) is 0.417. The number of hydrogen-bond donors (Lipinski definition) is 1. The molecule has 2 N–H and O–H groups in total. The average Bonchev–Trinajstić information content (AvgIpc) is 2.38. The number of para-hydroxylation sites is 2. The molecule has 0 bridgehead atoms. The van der Waals surface area contributed by atoms with Crippen molar-refractivity contribution in [3.05, 3.63) is 24.3 Å². The standard InChI is InChI=1S/C12H15F3N2O2/c1-19-10-6-3-2-5-9(10)17(8-4-7-16)11(18)12(13,14)15/h2-3,5-6H,4,7-8,16H2,1H3. The second kappa shape index (κ2) is 6.42. The van der Waals surface area contributed by atoms with Gasteiger partial charge >= 0.3 is 12.1 Å². The van der Waals surface area contributed by atoms with E-state index in [0.717, 1.165) is 0 Å². The summed E-state index contributed by atoms with van der Waals surface area (Å²) < 4.78 is 42.7. The lowest BCUT2D eigenvalue weighted by Crippen LogP contribution is -2.42. The van der Waals surface area contributed by atoms with Gasteiger partial charge in [0.15, 0.2) is 0 Å². The zero-order chi connectivity index (χ0) is 14.5. The third-order valence-corrected chi connectivity index (χ3v) is 2.45. The molecule has 1 aromatic rings. The van der Waals surface area contributed by atoms with E-state index >= 15 is 0 Å².